The van der Waals surface area contributed by atoms with Gasteiger partial charge in [0.25, 0.3) is 0 Å². The van der Waals surface area contributed by atoms with E-state index >= 15 is 0 Å². The van der Waals surface area contributed by atoms with Crippen LogP contribution in [0.15, 0.2) is 22.6 Å². The molecule has 12 heteroatoms. The van der Waals surface area contributed by atoms with E-state index in [4.69, 9.17) is 0 Å². The number of aromatic nitrogens is 2. The van der Waals surface area contributed by atoms with E-state index in [9.17, 15) is 20.2 Å². The van der Waals surface area contributed by atoms with Crippen LogP contribution in [0.3, 0.4) is 0 Å². The summed E-state index contributed by atoms with van der Waals surface area (Å²) < 4.78 is 0. The van der Waals surface area contributed by atoms with Crippen molar-refractivity contribution >= 4 is 42.9 Å². The molecule has 10 nitrogen and oxygen atoms in total. The van der Waals surface area contributed by atoms with Crippen LogP contribution in [0.25, 0.3) is 0 Å². The summed E-state index contributed by atoms with van der Waals surface area (Å²) in [5.74, 6) is 0. The quantitative estimate of drug-likeness (QED) is 0.481. The second kappa shape index (κ2) is 4.89. The summed E-state index contributed by atoms with van der Waals surface area (Å²) in [6.45, 7) is 0. The molecule has 0 amide bonds. The van der Waals surface area contributed by atoms with Gasteiger partial charge in [-0.25, -0.2) is 9.97 Å². The molecule has 0 N–H and O–H groups in total. The minimum absolute atomic E-state index is 0.0829. The Bertz CT molecular complexity index is 579. The highest BCUT2D eigenvalue weighted by molar-refractivity contribution is 7.18. The van der Waals surface area contributed by atoms with Crippen LogP contribution in [0.1, 0.15) is 0 Å². The van der Waals surface area contributed by atoms with Crippen molar-refractivity contribution in [1.82, 2.24) is 9.97 Å². The summed E-state index contributed by atoms with van der Waals surface area (Å²) in [5, 5.41) is 27.8. The molecule has 2 aromatic rings. The van der Waals surface area contributed by atoms with Gasteiger partial charge in [-0.15, -0.1) is 10.2 Å². The molecular formula is C6H2N6O4S2. The maximum absolute atomic E-state index is 10.4. The van der Waals surface area contributed by atoms with Gasteiger partial charge in [0.15, 0.2) is 0 Å². The van der Waals surface area contributed by atoms with E-state index in [0.29, 0.717) is 0 Å². The smallest absolute Gasteiger partial charge is 0.257 e. The van der Waals surface area contributed by atoms with E-state index in [2.05, 4.69) is 20.2 Å². The zero-order valence-corrected chi connectivity index (χ0v) is 9.92. The molecule has 0 aliphatic rings. The van der Waals surface area contributed by atoms with E-state index in [1.807, 2.05) is 0 Å². The van der Waals surface area contributed by atoms with Crippen LogP contribution in [-0.2, 0) is 0 Å². The molecule has 92 valence electrons. The number of azo groups is 1. The van der Waals surface area contributed by atoms with Crippen LogP contribution in [0.5, 0.6) is 0 Å². The first kappa shape index (κ1) is 12.1. The Hall–Kier alpha value is -2.34. The van der Waals surface area contributed by atoms with E-state index in [0.717, 1.165) is 35.1 Å². The van der Waals surface area contributed by atoms with E-state index < -0.39 is 9.85 Å². The molecule has 0 saturated heterocycles. The fraction of sp³-hybridized carbons (Fsp3) is 0. The van der Waals surface area contributed by atoms with E-state index in [1.165, 1.54) is 0 Å². The monoisotopic (exact) mass is 286 g/mol. The molecule has 0 bridgehead atoms. The summed E-state index contributed by atoms with van der Waals surface area (Å²) in [4.78, 5) is 26.9. The van der Waals surface area contributed by atoms with Crippen LogP contribution < -0.4 is 0 Å². The van der Waals surface area contributed by atoms with Crippen molar-refractivity contribution in [2.75, 3.05) is 0 Å². The zero-order chi connectivity index (χ0) is 13.1. The van der Waals surface area contributed by atoms with Gasteiger partial charge in [-0.1, -0.05) is 0 Å². The van der Waals surface area contributed by atoms with Crippen LogP contribution in [0, 0.1) is 20.2 Å². The highest BCUT2D eigenvalue weighted by atomic mass is 32.1. The number of hydrogen-bond acceptors (Lipinski definition) is 10. The molecule has 0 aromatic carbocycles. The Kier molecular flexibility index (Phi) is 3.29. The van der Waals surface area contributed by atoms with Crippen molar-refractivity contribution in [3.8, 4) is 0 Å². The average molecular weight is 286 g/mol. The number of rotatable bonds is 4. The minimum atomic E-state index is -0.592. The Morgan fingerprint density at radius 2 is 1.33 bits per heavy atom. The molecule has 0 fully saturated rings. The highest BCUT2D eigenvalue weighted by Gasteiger charge is 2.13. The molecule has 0 atom stereocenters. The van der Waals surface area contributed by atoms with Gasteiger partial charge in [0, 0.05) is 0 Å². The second-order valence-corrected chi connectivity index (χ2v) is 4.65. The first-order valence-electron chi connectivity index (χ1n) is 4.18. The van der Waals surface area contributed by atoms with Crippen molar-refractivity contribution in [2.24, 2.45) is 10.2 Å². The molecule has 0 radical (unpaired) electrons. The third kappa shape index (κ3) is 2.67. The van der Waals surface area contributed by atoms with Gasteiger partial charge in [-0.3, -0.25) is 20.2 Å². The van der Waals surface area contributed by atoms with Crippen LogP contribution >= 0.6 is 22.7 Å². The van der Waals surface area contributed by atoms with Crippen molar-refractivity contribution in [1.29, 1.82) is 0 Å². The number of nitro groups is 2. The van der Waals surface area contributed by atoms with Crippen molar-refractivity contribution < 1.29 is 9.85 Å². The Labute approximate surface area is 106 Å². The standard InChI is InChI=1S/C6H2N6O4S2/c13-11(14)3-1-7-5(17-3)9-10-6-8-2-4(18-6)12(15)16/h1-2H. The molecule has 2 aromatic heterocycles. The summed E-state index contributed by atoms with van der Waals surface area (Å²) in [5.41, 5.74) is 0. The minimum Gasteiger partial charge on any atom is -0.257 e. The number of thiazole rings is 2. The summed E-state index contributed by atoms with van der Waals surface area (Å²) in [6.07, 6.45) is 2.12. The van der Waals surface area contributed by atoms with Gasteiger partial charge < -0.3 is 0 Å². The van der Waals surface area contributed by atoms with Crippen molar-refractivity contribution in [2.45, 2.75) is 0 Å². The maximum Gasteiger partial charge on any atom is 0.345 e. The molecule has 0 aliphatic heterocycles. The summed E-state index contributed by atoms with van der Waals surface area (Å²) in [6, 6.07) is 0. The average Bonchev–Trinajstić information content (AvgIpc) is 2.95. The lowest BCUT2D eigenvalue weighted by atomic mass is 10.9. The van der Waals surface area contributed by atoms with Crippen LogP contribution in [0.4, 0.5) is 20.3 Å². The van der Waals surface area contributed by atoms with Gasteiger partial charge in [-0.2, -0.15) is 0 Å². The third-order valence-corrected chi connectivity index (χ3v) is 3.21. The Morgan fingerprint density at radius 3 is 1.61 bits per heavy atom. The lowest BCUT2D eigenvalue weighted by Gasteiger charge is -1.80. The Balaban J connectivity index is 2.13. The highest BCUT2D eigenvalue weighted by Crippen LogP contribution is 2.31. The van der Waals surface area contributed by atoms with E-state index in [-0.39, 0.29) is 20.3 Å². The molecular weight excluding hydrogens is 284 g/mol. The lowest BCUT2D eigenvalue weighted by Crippen LogP contribution is -1.80. The number of nitrogens with zero attached hydrogens (tertiary/aromatic N) is 6. The van der Waals surface area contributed by atoms with Gasteiger partial charge in [-0.05, 0) is 22.7 Å². The molecule has 18 heavy (non-hydrogen) atoms. The predicted octanol–water partition coefficient (Wildman–Crippen LogP) is 2.83. The van der Waals surface area contributed by atoms with Crippen LogP contribution in [0.2, 0.25) is 0 Å². The van der Waals surface area contributed by atoms with Gasteiger partial charge in [0.05, 0.1) is 9.85 Å². The van der Waals surface area contributed by atoms with Crippen molar-refractivity contribution in [3.05, 3.63) is 32.6 Å². The normalized spacial score (nSPS) is 10.9. The van der Waals surface area contributed by atoms with Gasteiger partial charge >= 0.3 is 10.0 Å². The largest absolute Gasteiger partial charge is 0.345 e. The molecule has 0 saturated carbocycles. The molecule has 0 unspecified atom stereocenters. The topological polar surface area (TPSA) is 137 Å². The predicted molar refractivity (Wildman–Crippen MR) is 61.7 cm³/mol. The molecule has 0 aliphatic carbocycles. The summed E-state index contributed by atoms with van der Waals surface area (Å²) >= 11 is 1.49. The first-order valence-corrected chi connectivity index (χ1v) is 5.82. The molecule has 2 rings (SSSR count). The second-order valence-electron chi connectivity index (χ2n) is 2.68. The molecule has 2 heterocycles. The maximum atomic E-state index is 10.4. The van der Waals surface area contributed by atoms with Gasteiger partial charge in [0.1, 0.15) is 12.4 Å². The molecule has 0 spiro atoms. The fourth-order valence-corrected chi connectivity index (χ4v) is 1.97. The summed E-state index contributed by atoms with van der Waals surface area (Å²) in [7, 11) is 0. The number of hydrogen-bond donors (Lipinski definition) is 0. The Morgan fingerprint density at radius 1 is 0.944 bits per heavy atom. The fourth-order valence-electron chi connectivity index (χ4n) is 0.860. The van der Waals surface area contributed by atoms with Crippen molar-refractivity contribution in [3.63, 3.8) is 0 Å². The van der Waals surface area contributed by atoms with Gasteiger partial charge in [0.2, 0.25) is 10.3 Å². The lowest BCUT2D eigenvalue weighted by molar-refractivity contribution is -0.380. The third-order valence-electron chi connectivity index (χ3n) is 1.54. The van der Waals surface area contributed by atoms with E-state index in [1.54, 1.807) is 0 Å². The first-order chi connectivity index (χ1) is 8.56. The zero-order valence-electron chi connectivity index (χ0n) is 8.29. The SMILES string of the molecule is O=[N+]([O-])c1cnc(N=Nc2ncc([N+](=O)[O-])s2)s1. The van der Waals surface area contributed by atoms with Crippen LogP contribution in [-0.4, -0.2) is 19.8 Å².